The molecule has 0 bridgehead atoms. The Bertz CT molecular complexity index is 661. The third-order valence-corrected chi connectivity index (χ3v) is 4.72. The van der Waals surface area contributed by atoms with Gasteiger partial charge in [0.05, 0.1) is 12.6 Å². The van der Waals surface area contributed by atoms with Gasteiger partial charge in [-0.15, -0.1) is 10.2 Å². The zero-order valence-corrected chi connectivity index (χ0v) is 13.7. The van der Waals surface area contributed by atoms with E-state index < -0.39 is 0 Å². The number of aromatic nitrogens is 2. The second kappa shape index (κ2) is 6.99. The maximum atomic E-state index is 13.0. The Hall–Kier alpha value is -1.79. The Balaban J connectivity index is 1.27. The first-order valence-corrected chi connectivity index (χ1v) is 8.68. The van der Waals surface area contributed by atoms with E-state index in [-0.39, 0.29) is 5.82 Å². The molecule has 128 valence electrons. The first-order valence-electron chi connectivity index (χ1n) is 8.68. The predicted molar refractivity (Wildman–Crippen MR) is 86.7 cm³/mol. The molecule has 4 rings (SSSR count). The van der Waals surface area contributed by atoms with Gasteiger partial charge in [-0.25, -0.2) is 4.39 Å². The summed E-state index contributed by atoms with van der Waals surface area (Å²) in [5, 5.41) is 8.17. The van der Waals surface area contributed by atoms with Crippen molar-refractivity contribution in [2.24, 2.45) is 5.92 Å². The molecule has 2 fully saturated rings. The Labute approximate surface area is 140 Å². The number of ether oxygens (including phenoxy) is 1. The van der Waals surface area contributed by atoms with Crippen molar-refractivity contribution in [3.63, 3.8) is 0 Å². The average Bonchev–Trinajstić information content (AvgIpc) is 3.33. The molecule has 1 saturated heterocycles. The molecule has 1 aromatic heterocycles. The number of piperidine rings is 1. The molecule has 24 heavy (non-hydrogen) atoms. The Morgan fingerprint density at radius 3 is 2.54 bits per heavy atom. The summed E-state index contributed by atoms with van der Waals surface area (Å²) in [6.07, 6.45) is 5.20. The SMILES string of the molecule is Fc1ccc(-c2nnc(CN3CCC(OCC4CC4)CC3)o2)cc1. The van der Waals surface area contributed by atoms with Crippen LogP contribution in [0.25, 0.3) is 11.5 Å². The topological polar surface area (TPSA) is 51.4 Å². The van der Waals surface area contributed by atoms with Crippen LogP contribution in [0.3, 0.4) is 0 Å². The first-order chi connectivity index (χ1) is 11.8. The Morgan fingerprint density at radius 1 is 1.08 bits per heavy atom. The second-order valence-corrected chi connectivity index (χ2v) is 6.76. The molecule has 2 aromatic rings. The van der Waals surface area contributed by atoms with Gasteiger partial charge in [-0.05, 0) is 55.9 Å². The number of hydrogen-bond acceptors (Lipinski definition) is 5. The molecule has 1 aliphatic heterocycles. The van der Waals surface area contributed by atoms with Crippen molar-refractivity contribution < 1.29 is 13.5 Å². The molecule has 1 aliphatic carbocycles. The summed E-state index contributed by atoms with van der Waals surface area (Å²) < 4.78 is 24.6. The summed E-state index contributed by atoms with van der Waals surface area (Å²) in [5.74, 6) is 1.59. The van der Waals surface area contributed by atoms with Gasteiger partial charge in [-0.3, -0.25) is 4.90 Å². The predicted octanol–water partition coefficient (Wildman–Crippen LogP) is 3.27. The van der Waals surface area contributed by atoms with Gasteiger partial charge in [0.1, 0.15) is 5.82 Å². The van der Waals surface area contributed by atoms with E-state index in [9.17, 15) is 4.39 Å². The maximum absolute atomic E-state index is 13.0. The second-order valence-electron chi connectivity index (χ2n) is 6.76. The van der Waals surface area contributed by atoms with Gasteiger partial charge < -0.3 is 9.15 Å². The van der Waals surface area contributed by atoms with Crippen LogP contribution in [0.4, 0.5) is 4.39 Å². The van der Waals surface area contributed by atoms with Crippen molar-refractivity contribution in [1.29, 1.82) is 0 Å². The van der Waals surface area contributed by atoms with Crippen LogP contribution in [0.2, 0.25) is 0 Å². The fourth-order valence-electron chi connectivity index (χ4n) is 3.01. The van der Waals surface area contributed by atoms with Crippen molar-refractivity contribution >= 4 is 0 Å². The highest BCUT2D eigenvalue weighted by molar-refractivity contribution is 5.51. The largest absolute Gasteiger partial charge is 0.419 e. The van der Waals surface area contributed by atoms with E-state index in [2.05, 4.69) is 15.1 Å². The third kappa shape index (κ3) is 3.99. The molecule has 0 N–H and O–H groups in total. The average molecular weight is 331 g/mol. The minimum absolute atomic E-state index is 0.273. The van der Waals surface area contributed by atoms with Gasteiger partial charge in [0, 0.05) is 25.3 Å². The Kier molecular flexibility index (Phi) is 4.58. The summed E-state index contributed by atoms with van der Waals surface area (Å²) in [5.41, 5.74) is 0.738. The van der Waals surface area contributed by atoms with Crippen molar-refractivity contribution in [3.05, 3.63) is 36.0 Å². The molecule has 2 heterocycles. The fraction of sp³-hybridized carbons (Fsp3) is 0.556. The number of likely N-dealkylation sites (tertiary alicyclic amines) is 1. The molecule has 1 aromatic carbocycles. The van der Waals surface area contributed by atoms with Crippen LogP contribution in [-0.2, 0) is 11.3 Å². The summed E-state index contributed by atoms with van der Waals surface area (Å²) in [7, 11) is 0. The van der Waals surface area contributed by atoms with Gasteiger partial charge >= 0.3 is 0 Å². The van der Waals surface area contributed by atoms with E-state index in [1.54, 1.807) is 12.1 Å². The van der Waals surface area contributed by atoms with E-state index in [1.807, 2.05) is 0 Å². The lowest BCUT2D eigenvalue weighted by Crippen LogP contribution is -2.36. The molecule has 0 atom stereocenters. The minimum Gasteiger partial charge on any atom is -0.419 e. The highest BCUT2D eigenvalue weighted by Gasteiger charge is 2.26. The fourth-order valence-corrected chi connectivity index (χ4v) is 3.01. The van der Waals surface area contributed by atoms with Gasteiger partial charge in [-0.1, -0.05) is 0 Å². The van der Waals surface area contributed by atoms with Crippen LogP contribution in [0.5, 0.6) is 0 Å². The lowest BCUT2D eigenvalue weighted by atomic mass is 10.1. The zero-order chi connectivity index (χ0) is 16.4. The first kappa shape index (κ1) is 15.7. The molecule has 0 spiro atoms. The monoisotopic (exact) mass is 331 g/mol. The summed E-state index contributed by atoms with van der Waals surface area (Å²) in [6, 6.07) is 6.09. The molecular formula is C18H22FN3O2. The van der Waals surface area contributed by atoms with E-state index in [0.29, 0.717) is 24.4 Å². The molecule has 5 nitrogen and oxygen atoms in total. The third-order valence-electron chi connectivity index (χ3n) is 4.72. The molecule has 0 unspecified atom stereocenters. The normalized spacial score (nSPS) is 19.7. The van der Waals surface area contributed by atoms with Gasteiger partial charge in [-0.2, -0.15) is 0 Å². The lowest BCUT2D eigenvalue weighted by molar-refractivity contribution is -0.000445. The van der Waals surface area contributed by atoms with Crippen molar-refractivity contribution in [2.45, 2.75) is 38.3 Å². The Morgan fingerprint density at radius 2 is 1.83 bits per heavy atom. The van der Waals surface area contributed by atoms with E-state index in [0.717, 1.165) is 44.0 Å². The molecule has 6 heteroatoms. The smallest absolute Gasteiger partial charge is 0.247 e. The number of hydrogen-bond donors (Lipinski definition) is 0. The van der Waals surface area contributed by atoms with Crippen LogP contribution in [0, 0.1) is 11.7 Å². The molecule has 0 amide bonds. The highest BCUT2D eigenvalue weighted by Crippen LogP contribution is 2.30. The standard InChI is InChI=1S/C18H22FN3O2/c19-15-5-3-14(4-6-15)18-21-20-17(24-18)11-22-9-7-16(8-10-22)23-12-13-1-2-13/h3-6,13,16H,1-2,7-12H2. The number of benzene rings is 1. The summed E-state index contributed by atoms with van der Waals surface area (Å²) in [6.45, 7) is 3.58. The van der Waals surface area contributed by atoms with E-state index >= 15 is 0 Å². The highest BCUT2D eigenvalue weighted by atomic mass is 19.1. The van der Waals surface area contributed by atoms with Crippen LogP contribution >= 0.6 is 0 Å². The molecule has 1 saturated carbocycles. The number of nitrogens with zero attached hydrogens (tertiary/aromatic N) is 3. The molecule has 0 radical (unpaired) electrons. The van der Waals surface area contributed by atoms with Gasteiger partial charge in [0.2, 0.25) is 11.8 Å². The van der Waals surface area contributed by atoms with Crippen molar-refractivity contribution in [1.82, 2.24) is 15.1 Å². The molecular weight excluding hydrogens is 309 g/mol. The maximum Gasteiger partial charge on any atom is 0.247 e. The number of halogens is 1. The zero-order valence-electron chi connectivity index (χ0n) is 13.7. The van der Waals surface area contributed by atoms with E-state index in [4.69, 9.17) is 9.15 Å². The van der Waals surface area contributed by atoms with Crippen LogP contribution in [-0.4, -0.2) is 40.9 Å². The van der Waals surface area contributed by atoms with Crippen LogP contribution in [0.15, 0.2) is 28.7 Å². The molecule has 2 aliphatic rings. The quantitative estimate of drug-likeness (QED) is 0.813. The van der Waals surface area contributed by atoms with Gasteiger partial charge in [0.25, 0.3) is 0 Å². The van der Waals surface area contributed by atoms with Gasteiger partial charge in [0.15, 0.2) is 0 Å². The van der Waals surface area contributed by atoms with Crippen LogP contribution in [0.1, 0.15) is 31.6 Å². The summed E-state index contributed by atoms with van der Waals surface area (Å²) in [4.78, 5) is 2.32. The van der Waals surface area contributed by atoms with Crippen molar-refractivity contribution in [3.8, 4) is 11.5 Å². The minimum atomic E-state index is -0.273. The van der Waals surface area contributed by atoms with E-state index in [1.165, 1.54) is 25.0 Å². The summed E-state index contributed by atoms with van der Waals surface area (Å²) >= 11 is 0. The lowest BCUT2D eigenvalue weighted by Gasteiger charge is -2.30. The number of rotatable bonds is 6. The van der Waals surface area contributed by atoms with Crippen molar-refractivity contribution in [2.75, 3.05) is 19.7 Å². The van der Waals surface area contributed by atoms with Crippen LogP contribution < -0.4 is 0 Å².